The average Bonchev–Trinajstić information content (AvgIpc) is 2.71. The summed E-state index contributed by atoms with van der Waals surface area (Å²) in [6.45, 7) is 6.00. The SMILES string of the molecule is COc1ccc(CN(CCCCC2CCCNC2)c2nc(C)cc(N)n2)cc1. The predicted molar refractivity (Wildman–Crippen MR) is 115 cm³/mol. The van der Waals surface area contributed by atoms with Crippen molar-refractivity contribution >= 4 is 11.8 Å². The van der Waals surface area contributed by atoms with Gasteiger partial charge in [-0.15, -0.1) is 0 Å². The van der Waals surface area contributed by atoms with Crippen LogP contribution in [0, 0.1) is 12.8 Å². The molecule has 3 N–H and O–H groups in total. The first-order chi connectivity index (χ1) is 13.6. The monoisotopic (exact) mass is 383 g/mol. The topological polar surface area (TPSA) is 76.3 Å². The van der Waals surface area contributed by atoms with E-state index in [2.05, 4.69) is 32.3 Å². The summed E-state index contributed by atoms with van der Waals surface area (Å²) in [7, 11) is 1.69. The third-order valence-corrected chi connectivity index (χ3v) is 5.37. The number of aryl methyl sites for hydroxylation is 1. The molecule has 0 aliphatic carbocycles. The molecular weight excluding hydrogens is 350 g/mol. The molecule has 1 aromatic heterocycles. The Labute approximate surface area is 168 Å². The second-order valence-corrected chi connectivity index (χ2v) is 7.71. The second-order valence-electron chi connectivity index (χ2n) is 7.71. The first-order valence-electron chi connectivity index (χ1n) is 10.3. The molecule has 6 heteroatoms. The quantitative estimate of drug-likeness (QED) is 0.645. The standard InChI is InChI=1S/C22H33N5O/c1-17-14-21(23)26-22(25-17)27(16-19-8-10-20(28-2)11-9-19)13-4-3-6-18-7-5-12-24-15-18/h8-11,14,18,24H,3-7,12-13,15-16H2,1-2H3,(H2,23,25,26). The zero-order chi connectivity index (χ0) is 19.8. The van der Waals surface area contributed by atoms with Gasteiger partial charge in [0.2, 0.25) is 5.95 Å². The highest BCUT2D eigenvalue weighted by atomic mass is 16.5. The number of nitrogen functional groups attached to an aromatic ring is 1. The van der Waals surface area contributed by atoms with Gasteiger partial charge in [-0.25, -0.2) is 4.98 Å². The first kappa shape index (κ1) is 20.4. The van der Waals surface area contributed by atoms with Crippen LogP contribution in [0.1, 0.15) is 43.4 Å². The Hall–Kier alpha value is -2.34. The maximum absolute atomic E-state index is 5.98. The van der Waals surface area contributed by atoms with Gasteiger partial charge in [-0.2, -0.15) is 4.98 Å². The Bertz CT molecular complexity index is 708. The molecule has 1 aliphatic heterocycles. The van der Waals surface area contributed by atoms with Crippen LogP contribution in [-0.4, -0.2) is 36.7 Å². The molecule has 28 heavy (non-hydrogen) atoms. The van der Waals surface area contributed by atoms with Crippen molar-refractivity contribution in [2.24, 2.45) is 5.92 Å². The third-order valence-electron chi connectivity index (χ3n) is 5.37. The van der Waals surface area contributed by atoms with Crippen molar-refractivity contribution in [3.05, 3.63) is 41.6 Å². The van der Waals surface area contributed by atoms with E-state index in [-0.39, 0.29) is 0 Å². The van der Waals surface area contributed by atoms with Crippen LogP contribution < -0.4 is 20.7 Å². The Morgan fingerprint density at radius 2 is 2.04 bits per heavy atom. The Balaban J connectivity index is 1.63. The van der Waals surface area contributed by atoms with E-state index in [0.29, 0.717) is 11.8 Å². The number of nitrogens with zero attached hydrogens (tertiary/aromatic N) is 3. The van der Waals surface area contributed by atoms with Crippen LogP contribution in [-0.2, 0) is 6.54 Å². The molecule has 1 aromatic carbocycles. The van der Waals surface area contributed by atoms with E-state index in [1.165, 1.54) is 44.3 Å². The third kappa shape index (κ3) is 6.09. The zero-order valence-corrected chi connectivity index (χ0v) is 17.2. The first-order valence-corrected chi connectivity index (χ1v) is 10.3. The van der Waals surface area contributed by atoms with Gasteiger partial charge in [0, 0.05) is 24.8 Å². The number of hydrogen-bond donors (Lipinski definition) is 2. The van der Waals surface area contributed by atoms with Gasteiger partial charge in [-0.3, -0.25) is 0 Å². The van der Waals surface area contributed by atoms with Gasteiger partial charge in [-0.1, -0.05) is 18.6 Å². The number of unbranched alkanes of at least 4 members (excludes halogenated alkanes) is 1. The summed E-state index contributed by atoms with van der Waals surface area (Å²) >= 11 is 0. The van der Waals surface area contributed by atoms with Gasteiger partial charge in [0.1, 0.15) is 11.6 Å². The minimum absolute atomic E-state index is 0.524. The fraction of sp³-hybridized carbons (Fsp3) is 0.545. The van der Waals surface area contributed by atoms with Crippen LogP contribution >= 0.6 is 0 Å². The van der Waals surface area contributed by atoms with Crippen molar-refractivity contribution < 1.29 is 4.74 Å². The lowest BCUT2D eigenvalue weighted by molar-refractivity contribution is 0.348. The molecule has 2 heterocycles. The normalized spacial score (nSPS) is 16.7. The number of ether oxygens (including phenoxy) is 1. The van der Waals surface area contributed by atoms with E-state index in [0.717, 1.165) is 36.9 Å². The van der Waals surface area contributed by atoms with E-state index in [1.807, 2.05) is 25.1 Å². The van der Waals surface area contributed by atoms with Crippen LogP contribution in [0.2, 0.25) is 0 Å². The summed E-state index contributed by atoms with van der Waals surface area (Å²) in [6.07, 6.45) is 6.32. The van der Waals surface area contributed by atoms with E-state index >= 15 is 0 Å². The van der Waals surface area contributed by atoms with Crippen molar-refractivity contribution in [1.29, 1.82) is 0 Å². The van der Waals surface area contributed by atoms with Crippen LogP contribution in [0.3, 0.4) is 0 Å². The summed E-state index contributed by atoms with van der Waals surface area (Å²) in [5.74, 6) is 2.94. The van der Waals surface area contributed by atoms with Crippen LogP contribution in [0.4, 0.5) is 11.8 Å². The highest BCUT2D eigenvalue weighted by Crippen LogP contribution is 2.20. The minimum Gasteiger partial charge on any atom is -0.497 e. The number of anilines is 2. The van der Waals surface area contributed by atoms with E-state index < -0.39 is 0 Å². The molecule has 0 bridgehead atoms. The van der Waals surface area contributed by atoms with Gasteiger partial charge in [-0.05, 0) is 69.3 Å². The number of methoxy groups -OCH3 is 1. The highest BCUT2D eigenvalue weighted by Gasteiger charge is 2.15. The number of nitrogens with two attached hydrogens (primary N) is 1. The summed E-state index contributed by atoms with van der Waals surface area (Å²) in [5.41, 5.74) is 8.09. The van der Waals surface area contributed by atoms with E-state index in [9.17, 15) is 0 Å². The maximum atomic E-state index is 5.98. The van der Waals surface area contributed by atoms with Crippen molar-refractivity contribution in [3.63, 3.8) is 0 Å². The van der Waals surface area contributed by atoms with Crippen LogP contribution in [0.25, 0.3) is 0 Å². The lowest BCUT2D eigenvalue weighted by Crippen LogP contribution is -2.30. The van der Waals surface area contributed by atoms with Gasteiger partial charge in [0.05, 0.1) is 7.11 Å². The molecular formula is C22H33N5O. The van der Waals surface area contributed by atoms with Gasteiger partial charge < -0.3 is 20.7 Å². The lowest BCUT2D eigenvalue weighted by atomic mass is 9.94. The number of benzene rings is 1. The zero-order valence-electron chi connectivity index (χ0n) is 17.2. The van der Waals surface area contributed by atoms with Gasteiger partial charge >= 0.3 is 0 Å². The summed E-state index contributed by atoms with van der Waals surface area (Å²) in [6, 6.07) is 9.99. The lowest BCUT2D eigenvalue weighted by Gasteiger charge is -2.25. The molecule has 3 rings (SSSR count). The number of hydrogen-bond acceptors (Lipinski definition) is 6. The van der Waals surface area contributed by atoms with Crippen molar-refractivity contribution in [1.82, 2.24) is 15.3 Å². The molecule has 1 unspecified atom stereocenters. The van der Waals surface area contributed by atoms with Gasteiger partial charge in [0.25, 0.3) is 0 Å². The summed E-state index contributed by atoms with van der Waals surface area (Å²) < 4.78 is 5.27. The molecule has 1 saturated heterocycles. The van der Waals surface area contributed by atoms with Crippen molar-refractivity contribution in [2.75, 3.05) is 37.4 Å². The van der Waals surface area contributed by atoms with Crippen LogP contribution in [0.5, 0.6) is 5.75 Å². The summed E-state index contributed by atoms with van der Waals surface area (Å²) in [5, 5.41) is 3.51. The average molecular weight is 384 g/mol. The largest absolute Gasteiger partial charge is 0.497 e. The minimum atomic E-state index is 0.524. The van der Waals surface area contributed by atoms with Crippen molar-refractivity contribution in [2.45, 2.75) is 45.6 Å². The molecule has 0 saturated carbocycles. The fourth-order valence-corrected chi connectivity index (χ4v) is 3.83. The molecule has 0 amide bonds. The number of aromatic nitrogens is 2. The molecule has 152 valence electrons. The number of piperidine rings is 1. The van der Waals surface area contributed by atoms with E-state index in [1.54, 1.807) is 7.11 Å². The Kier molecular flexibility index (Phi) is 7.48. The number of nitrogens with one attached hydrogen (secondary N) is 1. The number of rotatable bonds is 9. The van der Waals surface area contributed by atoms with E-state index in [4.69, 9.17) is 10.5 Å². The maximum Gasteiger partial charge on any atom is 0.227 e. The fourth-order valence-electron chi connectivity index (χ4n) is 3.83. The van der Waals surface area contributed by atoms with Crippen molar-refractivity contribution in [3.8, 4) is 5.75 Å². The molecule has 0 radical (unpaired) electrons. The molecule has 1 aliphatic rings. The highest BCUT2D eigenvalue weighted by molar-refractivity contribution is 5.41. The molecule has 1 fully saturated rings. The molecule has 2 aromatic rings. The second kappa shape index (κ2) is 10.3. The molecule has 1 atom stereocenters. The van der Waals surface area contributed by atoms with Crippen LogP contribution in [0.15, 0.2) is 30.3 Å². The Morgan fingerprint density at radius 3 is 2.71 bits per heavy atom. The smallest absolute Gasteiger partial charge is 0.227 e. The van der Waals surface area contributed by atoms with Gasteiger partial charge in [0.15, 0.2) is 0 Å². The molecule has 6 nitrogen and oxygen atoms in total. The Morgan fingerprint density at radius 1 is 1.21 bits per heavy atom. The predicted octanol–water partition coefficient (Wildman–Crippen LogP) is 3.55. The summed E-state index contributed by atoms with van der Waals surface area (Å²) in [4.78, 5) is 11.4. The molecule has 0 spiro atoms.